The lowest BCUT2D eigenvalue weighted by molar-refractivity contribution is 0.0936. The quantitative estimate of drug-likeness (QED) is 0.758. The van der Waals surface area contributed by atoms with E-state index in [-0.39, 0.29) is 23.8 Å². The van der Waals surface area contributed by atoms with Gasteiger partial charge in [-0.2, -0.15) is 0 Å². The molecule has 0 bridgehead atoms. The number of nitrogens with one attached hydrogen (secondary N) is 2. The SMILES string of the molecule is Cc1cccc(C(=O)Nc2ccccc2C(=O)NCC2(CO)CC2)c1. The number of para-hydroxylation sites is 1. The molecule has 130 valence electrons. The minimum absolute atomic E-state index is 0.0824. The largest absolute Gasteiger partial charge is 0.396 e. The van der Waals surface area contributed by atoms with E-state index in [1.807, 2.05) is 19.1 Å². The highest BCUT2D eigenvalue weighted by molar-refractivity contribution is 6.09. The molecule has 0 heterocycles. The molecule has 1 aliphatic rings. The van der Waals surface area contributed by atoms with Crippen LogP contribution < -0.4 is 10.6 Å². The summed E-state index contributed by atoms with van der Waals surface area (Å²) in [7, 11) is 0. The summed E-state index contributed by atoms with van der Waals surface area (Å²) < 4.78 is 0. The number of anilines is 1. The first kappa shape index (κ1) is 17.2. The zero-order chi connectivity index (χ0) is 17.9. The Morgan fingerprint density at radius 1 is 1.08 bits per heavy atom. The predicted octanol–water partition coefficient (Wildman–Crippen LogP) is 2.75. The highest BCUT2D eigenvalue weighted by Gasteiger charge is 2.42. The monoisotopic (exact) mass is 338 g/mol. The van der Waals surface area contributed by atoms with E-state index in [9.17, 15) is 14.7 Å². The normalized spacial score (nSPS) is 14.6. The van der Waals surface area contributed by atoms with Crippen molar-refractivity contribution < 1.29 is 14.7 Å². The van der Waals surface area contributed by atoms with Gasteiger partial charge in [-0.1, -0.05) is 29.8 Å². The number of carbonyl (C=O) groups excluding carboxylic acids is 2. The van der Waals surface area contributed by atoms with Crippen molar-refractivity contribution in [3.63, 3.8) is 0 Å². The Hall–Kier alpha value is -2.66. The highest BCUT2D eigenvalue weighted by Crippen LogP contribution is 2.44. The van der Waals surface area contributed by atoms with Gasteiger partial charge in [-0.3, -0.25) is 9.59 Å². The van der Waals surface area contributed by atoms with Gasteiger partial charge < -0.3 is 15.7 Å². The Kier molecular flexibility index (Phi) is 4.86. The van der Waals surface area contributed by atoms with Crippen molar-refractivity contribution in [1.29, 1.82) is 0 Å². The number of aliphatic hydroxyl groups excluding tert-OH is 1. The lowest BCUT2D eigenvalue weighted by Gasteiger charge is -2.15. The van der Waals surface area contributed by atoms with Crippen molar-refractivity contribution in [2.45, 2.75) is 19.8 Å². The molecule has 0 unspecified atom stereocenters. The van der Waals surface area contributed by atoms with Crippen molar-refractivity contribution in [1.82, 2.24) is 5.32 Å². The number of benzene rings is 2. The first-order chi connectivity index (χ1) is 12.0. The molecule has 3 N–H and O–H groups in total. The lowest BCUT2D eigenvalue weighted by atomic mass is 10.1. The fraction of sp³-hybridized carbons (Fsp3) is 0.300. The van der Waals surface area contributed by atoms with Gasteiger partial charge in [0, 0.05) is 17.5 Å². The summed E-state index contributed by atoms with van der Waals surface area (Å²) in [6.45, 7) is 2.45. The number of aliphatic hydroxyl groups is 1. The van der Waals surface area contributed by atoms with Crippen LogP contribution in [0.2, 0.25) is 0 Å². The number of hydrogen-bond donors (Lipinski definition) is 3. The molecule has 2 aromatic rings. The van der Waals surface area contributed by atoms with Gasteiger partial charge in [-0.15, -0.1) is 0 Å². The van der Waals surface area contributed by atoms with Crippen LogP contribution in [-0.4, -0.2) is 30.1 Å². The molecule has 5 heteroatoms. The fourth-order valence-electron chi connectivity index (χ4n) is 2.70. The average molecular weight is 338 g/mol. The molecule has 1 aliphatic carbocycles. The van der Waals surface area contributed by atoms with Crippen molar-refractivity contribution in [3.05, 3.63) is 65.2 Å². The van der Waals surface area contributed by atoms with Crippen LogP contribution in [-0.2, 0) is 0 Å². The second-order valence-corrected chi connectivity index (χ2v) is 6.71. The van der Waals surface area contributed by atoms with E-state index in [0.717, 1.165) is 18.4 Å². The number of carbonyl (C=O) groups is 2. The first-order valence-corrected chi connectivity index (χ1v) is 8.39. The van der Waals surface area contributed by atoms with Gasteiger partial charge in [0.2, 0.25) is 0 Å². The molecule has 1 fully saturated rings. The van der Waals surface area contributed by atoms with Gasteiger partial charge in [-0.25, -0.2) is 0 Å². The smallest absolute Gasteiger partial charge is 0.255 e. The topological polar surface area (TPSA) is 78.4 Å². The summed E-state index contributed by atoms with van der Waals surface area (Å²) in [5, 5.41) is 15.0. The van der Waals surface area contributed by atoms with Crippen LogP contribution in [0.3, 0.4) is 0 Å². The van der Waals surface area contributed by atoms with Gasteiger partial charge in [0.1, 0.15) is 0 Å². The molecular weight excluding hydrogens is 316 g/mol. The summed E-state index contributed by atoms with van der Waals surface area (Å²) in [5.41, 5.74) is 2.28. The summed E-state index contributed by atoms with van der Waals surface area (Å²) in [5.74, 6) is -0.502. The summed E-state index contributed by atoms with van der Waals surface area (Å²) in [6.07, 6.45) is 1.85. The molecule has 0 aromatic heterocycles. The summed E-state index contributed by atoms with van der Waals surface area (Å²) in [4.78, 5) is 24.9. The lowest BCUT2D eigenvalue weighted by Crippen LogP contribution is -2.32. The highest BCUT2D eigenvalue weighted by atomic mass is 16.3. The third-order valence-corrected chi connectivity index (χ3v) is 4.62. The molecule has 1 saturated carbocycles. The maximum atomic E-state index is 12.5. The van der Waals surface area contributed by atoms with Gasteiger partial charge in [-0.05, 0) is 44.0 Å². The molecular formula is C20H22N2O3. The molecule has 0 saturated heterocycles. The molecule has 0 radical (unpaired) electrons. The zero-order valence-corrected chi connectivity index (χ0v) is 14.2. The van der Waals surface area contributed by atoms with E-state index in [1.54, 1.807) is 36.4 Å². The Bertz CT molecular complexity index is 797. The van der Waals surface area contributed by atoms with E-state index in [1.165, 1.54) is 0 Å². The Labute approximate surface area is 147 Å². The molecule has 2 aromatic carbocycles. The summed E-state index contributed by atoms with van der Waals surface area (Å²) in [6, 6.07) is 14.2. The third kappa shape index (κ3) is 4.06. The Morgan fingerprint density at radius 3 is 2.52 bits per heavy atom. The molecule has 0 spiro atoms. The van der Waals surface area contributed by atoms with Gasteiger partial charge in [0.05, 0.1) is 17.9 Å². The maximum absolute atomic E-state index is 12.5. The van der Waals surface area contributed by atoms with Crippen molar-refractivity contribution >= 4 is 17.5 Å². The number of aryl methyl sites for hydroxylation is 1. The molecule has 0 aliphatic heterocycles. The van der Waals surface area contributed by atoms with Crippen LogP contribution in [0.1, 0.15) is 39.1 Å². The Balaban J connectivity index is 1.72. The number of rotatable bonds is 6. The van der Waals surface area contributed by atoms with E-state index < -0.39 is 0 Å². The predicted molar refractivity (Wildman–Crippen MR) is 96.7 cm³/mol. The van der Waals surface area contributed by atoms with Crippen LogP contribution in [0, 0.1) is 12.3 Å². The van der Waals surface area contributed by atoms with Crippen molar-refractivity contribution in [2.24, 2.45) is 5.41 Å². The molecule has 3 rings (SSSR count). The van der Waals surface area contributed by atoms with E-state index in [0.29, 0.717) is 23.4 Å². The second kappa shape index (κ2) is 7.07. The first-order valence-electron chi connectivity index (χ1n) is 8.39. The molecule has 0 atom stereocenters. The van der Waals surface area contributed by atoms with Gasteiger partial charge >= 0.3 is 0 Å². The fourth-order valence-corrected chi connectivity index (χ4v) is 2.70. The van der Waals surface area contributed by atoms with E-state index in [4.69, 9.17) is 0 Å². The van der Waals surface area contributed by atoms with Gasteiger partial charge in [0.15, 0.2) is 0 Å². The Morgan fingerprint density at radius 2 is 1.84 bits per heavy atom. The molecule has 2 amide bonds. The van der Waals surface area contributed by atoms with Crippen molar-refractivity contribution in [3.8, 4) is 0 Å². The number of amides is 2. The van der Waals surface area contributed by atoms with Crippen LogP contribution in [0.5, 0.6) is 0 Å². The van der Waals surface area contributed by atoms with E-state index >= 15 is 0 Å². The second-order valence-electron chi connectivity index (χ2n) is 6.71. The summed E-state index contributed by atoms with van der Waals surface area (Å²) >= 11 is 0. The van der Waals surface area contributed by atoms with E-state index in [2.05, 4.69) is 10.6 Å². The standard InChI is InChI=1S/C20H22N2O3/c1-14-5-4-6-15(11-14)18(24)22-17-8-3-2-7-16(17)19(25)21-12-20(13-23)9-10-20/h2-8,11,23H,9-10,12-13H2,1H3,(H,21,25)(H,22,24). The zero-order valence-electron chi connectivity index (χ0n) is 14.2. The van der Waals surface area contributed by atoms with Crippen molar-refractivity contribution in [2.75, 3.05) is 18.5 Å². The van der Waals surface area contributed by atoms with Gasteiger partial charge in [0.25, 0.3) is 11.8 Å². The molecule has 25 heavy (non-hydrogen) atoms. The average Bonchev–Trinajstić information content (AvgIpc) is 3.41. The van der Waals surface area contributed by atoms with Crippen LogP contribution >= 0.6 is 0 Å². The third-order valence-electron chi connectivity index (χ3n) is 4.62. The van der Waals surface area contributed by atoms with Crippen LogP contribution in [0.4, 0.5) is 5.69 Å². The number of hydrogen-bond acceptors (Lipinski definition) is 3. The molecule has 5 nitrogen and oxygen atoms in total. The van der Waals surface area contributed by atoms with Crippen LogP contribution in [0.25, 0.3) is 0 Å². The maximum Gasteiger partial charge on any atom is 0.255 e. The minimum Gasteiger partial charge on any atom is -0.396 e. The van der Waals surface area contributed by atoms with Crippen LogP contribution in [0.15, 0.2) is 48.5 Å². The minimum atomic E-state index is -0.252.